The van der Waals surface area contributed by atoms with Gasteiger partial charge in [-0.05, 0) is 12.5 Å². The Balaban J connectivity index is 2.93. The lowest BCUT2D eigenvalue weighted by Crippen LogP contribution is -1.92. The molecule has 1 heterocycles. The van der Waals surface area contributed by atoms with Crippen LogP contribution in [0.2, 0.25) is 8.67 Å². The van der Waals surface area contributed by atoms with Gasteiger partial charge < -0.3 is 5.11 Å². The second-order valence-corrected chi connectivity index (χ2v) is 4.49. The van der Waals surface area contributed by atoms with Crippen molar-refractivity contribution in [2.75, 3.05) is 0 Å². The van der Waals surface area contributed by atoms with E-state index in [0.29, 0.717) is 15.1 Å². The fourth-order valence-electron chi connectivity index (χ4n) is 0.800. The molecule has 0 saturated heterocycles. The van der Waals surface area contributed by atoms with Gasteiger partial charge in [-0.25, -0.2) is 0 Å². The maximum atomic E-state index is 9.39. The molecule has 0 spiro atoms. The topological polar surface area (TPSA) is 20.2 Å². The summed E-state index contributed by atoms with van der Waals surface area (Å²) >= 11 is 12.8. The summed E-state index contributed by atoms with van der Waals surface area (Å²) in [4.78, 5) is 0. The molecule has 0 aliphatic heterocycles. The molecule has 0 unspecified atom stereocenters. The fourth-order valence-corrected chi connectivity index (χ4v) is 2.37. The smallest absolute Gasteiger partial charge is 0.100 e. The van der Waals surface area contributed by atoms with Crippen molar-refractivity contribution in [1.82, 2.24) is 0 Å². The van der Waals surface area contributed by atoms with E-state index < -0.39 is 6.10 Å². The van der Waals surface area contributed by atoms with Gasteiger partial charge >= 0.3 is 0 Å². The third kappa shape index (κ3) is 2.09. The monoisotopic (exact) mass is 210 g/mol. The van der Waals surface area contributed by atoms with Crippen molar-refractivity contribution >= 4 is 34.5 Å². The summed E-state index contributed by atoms with van der Waals surface area (Å²) in [6.07, 6.45) is 0.179. The Morgan fingerprint density at radius 1 is 1.64 bits per heavy atom. The average molecular weight is 211 g/mol. The molecular formula is C7H8Cl2OS. The van der Waals surface area contributed by atoms with Crippen LogP contribution in [0.5, 0.6) is 0 Å². The van der Waals surface area contributed by atoms with E-state index in [0.717, 1.165) is 5.56 Å². The Bertz CT molecular complexity index is 247. The number of halogens is 2. The van der Waals surface area contributed by atoms with Gasteiger partial charge in [-0.1, -0.05) is 30.1 Å². The highest BCUT2D eigenvalue weighted by molar-refractivity contribution is 7.20. The van der Waals surface area contributed by atoms with Crippen LogP contribution in [0.25, 0.3) is 0 Å². The minimum Gasteiger partial charge on any atom is -0.388 e. The van der Waals surface area contributed by atoms with Crippen molar-refractivity contribution in [2.24, 2.45) is 0 Å². The summed E-state index contributed by atoms with van der Waals surface area (Å²) < 4.78 is 1.21. The van der Waals surface area contributed by atoms with E-state index in [2.05, 4.69) is 0 Å². The minimum atomic E-state index is -0.480. The molecule has 0 aliphatic rings. The molecule has 0 aromatic carbocycles. The second-order valence-electron chi connectivity index (χ2n) is 2.20. The highest BCUT2D eigenvalue weighted by Crippen LogP contribution is 2.35. The first kappa shape index (κ1) is 9.33. The highest BCUT2D eigenvalue weighted by atomic mass is 35.5. The summed E-state index contributed by atoms with van der Waals surface area (Å²) in [6, 6.07) is 1.71. The van der Waals surface area contributed by atoms with Gasteiger partial charge in [0.15, 0.2) is 0 Å². The van der Waals surface area contributed by atoms with E-state index in [1.807, 2.05) is 6.92 Å². The highest BCUT2D eigenvalue weighted by Gasteiger charge is 2.12. The van der Waals surface area contributed by atoms with Gasteiger partial charge in [-0.3, -0.25) is 0 Å². The molecule has 1 atom stereocenters. The van der Waals surface area contributed by atoms with E-state index in [4.69, 9.17) is 23.2 Å². The lowest BCUT2D eigenvalue weighted by atomic mass is 10.1. The fraction of sp³-hybridized carbons (Fsp3) is 0.429. The molecular weight excluding hydrogens is 203 g/mol. The third-order valence-electron chi connectivity index (χ3n) is 1.43. The Morgan fingerprint density at radius 3 is 2.64 bits per heavy atom. The number of aliphatic hydroxyl groups is 1. The van der Waals surface area contributed by atoms with Crippen molar-refractivity contribution in [3.8, 4) is 0 Å². The Morgan fingerprint density at radius 2 is 2.27 bits per heavy atom. The van der Waals surface area contributed by atoms with Crippen LogP contribution in [-0.4, -0.2) is 5.11 Å². The van der Waals surface area contributed by atoms with E-state index >= 15 is 0 Å². The molecule has 0 saturated carbocycles. The number of rotatable bonds is 2. The molecule has 0 fully saturated rings. The summed E-state index contributed by atoms with van der Waals surface area (Å²) in [5.74, 6) is 0. The van der Waals surface area contributed by atoms with Gasteiger partial charge in [-0.2, -0.15) is 0 Å². The number of aliphatic hydroxyl groups excluding tert-OH is 1. The van der Waals surface area contributed by atoms with E-state index in [9.17, 15) is 5.11 Å². The Hall–Kier alpha value is 0.240. The molecule has 4 heteroatoms. The minimum absolute atomic E-state index is 0.480. The van der Waals surface area contributed by atoms with Gasteiger partial charge in [-0.15, -0.1) is 11.3 Å². The van der Waals surface area contributed by atoms with Crippen LogP contribution in [0.1, 0.15) is 25.0 Å². The van der Waals surface area contributed by atoms with Crippen LogP contribution in [-0.2, 0) is 0 Å². The van der Waals surface area contributed by atoms with Gasteiger partial charge in [0.1, 0.15) is 4.34 Å². The molecule has 11 heavy (non-hydrogen) atoms. The van der Waals surface area contributed by atoms with Gasteiger partial charge in [0, 0.05) is 5.56 Å². The molecule has 0 radical (unpaired) electrons. The lowest BCUT2D eigenvalue weighted by molar-refractivity contribution is 0.174. The van der Waals surface area contributed by atoms with Gasteiger partial charge in [0.2, 0.25) is 0 Å². The van der Waals surface area contributed by atoms with Gasteiger partial charge in [0.05, 0.1) is 10.4 Å². The number of hydrogen-bond donors (Lipinski definition) is 1. The maximum Gasteiger partial charge on any atom is 0.100 e. The number of hydrogen-bond acceptors (Lipinski definition) is 2. The molecule has 1 nitrogen and oxygen atoms in total. The SMILES string of the molecule is CC[C@H](O)c1cc(Cl)sc1Cl. The van der Waals surface area contributed by atoms with E-state index in [1.165, 1.54) is 11.3 Å². The first-order chi connectivity index (χ1) is 5.15. The van der Waals surface area contributed by atoms with E-state index in [1.54, 1.807) is 6.07 Å². The summed E-state index contributed by atoms with van der Waals surface area (Å²) in [7, 11) is 0. The van der Waals surface area contributed by atoms with Crippen molar-refractivity contribution in [3.63, 3.8) is 0 Å². The summed E-state index contributed by atoms with van der Waals surface area (Å²) in [6.45, 7) is 1.90. The zero-order valence-corrected chi connectivity index (χ0v) is 8.30. The van der Waals surface area contributed by atoms with Crippen LogP contribution in [0.3, 0.4) is 0 Å². The van der Waals surface area contributed by atoms with Crippen LogP contribution in [0.15, 0.2) is 6.07 Å². The molecule has 62 valence electrons. The molecule has 1 rings (SSSR count). The molecule has 1 aromatic heterocycles. The van der Waals surface area contributed by atoms with E-state index in [-0.39, 0.29) is 0 Å². The predicted octanol–water partition coefficient (Wildman–Crippen LogP) is 3.50. The van der Waals surface area contributed by atoms with Gasteiger partial charge in [0.25, 0.3) is 0 Å². The average Bonchev–Trinajstić information content (AvgIpc) is 2.28. The Labute approximate surface area is 79.6 Å². The standard InChI is InChI=1S/C7H8Cl2OS/c1-2-5(10)4-3-6(8)11-7(4)9/h3,5,10H,2H2,1H3/t5-/m0/s1. The van der Waals surface area contributed by atoms with Crippen LogP contribution in [0, 0.1) is 0 Å². The largest absolute Gasteiger partial charge is 0.388 e. The zero-order chi connectivity index (χ0) is 8.43. The maximum absolute atomic E-state index is 9.39. The van der Waals surface area contributed by atoms with Crippen LogP contribution in [0.4, 0.5) is 0 Å². The Kier molecular flexibility index (Phi) is 3.19. The molecule has 1 N–H and O–H groups in total. The van der Waals surface area contributed by atoms with Crippen molar-refractivity contribution in [3.05, 3.63) is 20.3 Å². The molecule has 0 amide bonds. The van der Waals surface area contributed by atoms with Crippen LogP contribution >= 0.6 is 34.5 Å². The van der Waals surface area contributed by atoms with Crippen molar-refractivity contribution in [1.29, 1.82) is 0 Å². The first-order valence-electron chi connectivity index (χ1n) is 3.28. The van der Waals surface area contributed by atoms with Crippen molar-refractivity contribution < 1.29 is 5.11 Å². The quantitative estimate of drug-likeness (QED) is 0.793. The second kappa shape index (κ2) is 3.76. The lowest BCUT2D eigenvalue weighted by Gasteiger charge is -2.04. The molecule has 0 bridgehead atoms. The van der Waals surface area contributed by atoms with Crippen LogP contribution < -0.4 is 0 Å². The molecule has 0 aliphatic carbocycles. The predicted molar refractivity (Wildman–Crippen MR) is 49.6 cm³/mol. The molecule has 1 aromatic rings. The zero-order valence-electron chi connectivity index (χ0n) is 5.97. The summed E-state index contributed by atoms with van der Waals surface area (Å²) in [5.41, 5.74) is 0.740. The first-order valence-corrected chi connectivity index (χ1v) is 4.85. The normalized spacial score (nSPS) is 13.5. The summed E-state index contributed by atoms with van der Waals surface area (Å²) in [5, 5.41) is 9.39. The van der Waals surface area contributed by atoms with Crippen molar-refractivity contribution in [2.45, 2.75) is 19.4 Å². The number of thiophene rings is 1. The third-order valence-corrected chi connectivity index (χ3v) is 2.95.